The molecule has 0 spiro atoms. The molecule has 0 radical (unpaired) electrons. The maximum Gasteiger partial charge on any atom is 0.257 e. The van der Waals surface area contributed by atoms with E-state index in [0.29, 0.717) is 66.3 Å². The average Bonchev–Trinajstić information content (AvgIpc) is 3.55. The lowest BCUT2D eigenvalue weighted by Gasteiger charge is -2.27. The Morgan fingerprint density at radius 2 is 1.88 bits per heavy atom. The van der Waals surface area contributed by atoms with Gasteiger partial charge in [0, 0.05) is 44.0 Å². The summed E-state index contributed by atoms with van der Waals surface area (Å²) < 4.78 is 16.3. The first-order valence-corrected chi connectivity index (χ1v) is 11.8. The second kappa shape index (κ2) is 9.82. The summed E-state index contributed by atoms with van der Waals surface area (Å²) in [7, 11) is 0. The van der Waals surface area contributed by atoms with Crippen molar-refractivity contribution < 1.29 is 23.5 Å². The summed E-state index contributed by atoms with van der Waals surface area (Å²) >= 11 is 1.18. The normalized spacial score (nSPS) is 17.2. The Kier molecular flexibility index (Phi) is 6.47. The fourth-order valence-corrected chi connectivity index (χ4v) is 4.94. The van der Waals surface area contributed by atoms with E-state index in [0.717, 1.165) is 18.9 Å². The number of hydrogen-bond acceptors (Lipinski definition) is 9. The van der Waals surface area contributed by atoms with Gasteiger partial charge in [-0.2, -0.15) is 0 Å². The molecular weight excluding hydrogens is 444 g/mol. The van der Waals surface area contributed by atoms with Gasteiger partial charge in [-0.1, -0.05) is 11.3 Å². The number of thiazole rings is 1. The predicted molar refractivity (Wildman–Crippen MR) is 123 cm³/mol. The molecule has 0 atom stereocenters. The molecule has 5 rings (SSSR count). The van der Waals surface area contributed by atoms with E-state index in [1.807, 2.05) is 0 Å². The number of hydrogen-bond donors (Lipinski definition) is 1. The van der Waals surface area contributed by atoms with Gasteiger partial charge in [0.15, 0.2) is 16.7 Å². The third-order valence-corrected chi connectivity index (χ3v) is 6.75. The molecule has 0 bridgehead atoms. The summed E-state index contributed by atoms with van der Waals surface area (Å²) in [5.74, 6) is 0.822. The minimum absolute atomic E-state index is 0.0150. The molecule has 0 aliphatic carbocycles. The van der Waals surface area contributed by atoms with Crippen molar-refractivity contribution in [2.24, 2.45) is 5.92 Å². The average molecular weight is 469 g/mol. The van der Waals surface area contributed by atoms with Gasteiger partial charge in [0.1, 0.15) is 16.4 Å². The van der Waals surface area contributed by atoms with E-state index in [2.05, 4.69) is 20.2 Å². The number of anilines is 2. The number of furan rings is 1. The Hall–Kier alpha value is -3.08. The van der Waals surface area contributed by atoms with Crippen LogP contribution >= 0.6 is 11.3 Å². The smallest absolute Gasteiger partial charge is 0.257 e. The van der Waals surface area contributed by atoms with Crippen molar-refractivity contribution in [3.05, 3.63) is 47.2 Å². The Bertz CT molecular complexity index is 1120. The number of nitrogens with zero attached hydrogens (tertiary/aromatic N) is 3. The molecule has 10 heteroatoms. The van der Waals surface area contributed by atoms with Crippen LogP contribution in [0.25, 0.3) is 11.5 Å². The Morgan fingerprint density at radius 3 is 2.64 bits per heavy atom. The largest absolute Gasteiger partial charge is 0.463 e. The highest BCUT2D eigenvalue weighted by Gasteiger charge is 2.29. The predicted octanol–water partition coefficient (Wildman–Crippen LogP) is 3.50. The van der Waals surface area contributed by atoms with Crippen LogP contribution in [0.2, 0.25) is 0 Å². The number of aromatic nitrogens is 2. The van der Waals surface area contributed by atoms with Crippen LogP contribution in [0.3, 0.4) is 0 Å². The van der Waals surface area contributed by atoms with E-state index < -0.39 is 0 Å². The van der Waals surface area contributed by atoms with E-state index in [1.165, 1.54) is 11.3 Å². The molecule has 2 saturated heterocycles. The van der Waals surface area contributed by atoms with Gasteiger partial charge >= 0.3 is 0 Å². The van der Waals surface area contributed by atoms with Crippen molar-refractivity contribution in [1.82, 2.24) is 9.97 Å². The van der Waals surface area contributed by atoms with Crippen molar-refractivity contribution in [2.45, 2.75) is 12.8 Å². The second-order valence-corrected chi connectivity index (χ2v) is 8.88. The van der Waals surface area contributed by atoms with Gasteiger partial charge in [-0.25, -0.2) is 9.97 Å². The standard InChI is InChI=1S/C23H24N4O5S/c28-20(15-4-10-30-11-5-15)21-19(17-2-1-9-32-17)25-23(33-21)26-22(29)16-3-6-24-18(14-16)27-7-12-31-13-8-27/h1-3,6,9,14-15H,4-5,7-8,10-13H2,(H,25,26,29). The Balaban J connectivity index is 1.38. The van der Waals surface area contributed by atoms with E-state index in [4.69, 9.17) is 13.9 Å². The number of ketones is 1. The van der Waals surface area contributed by atoms with Crippen molar-refractivity contribution >= 4 is 34.0 Å². The zero-order valence-corrected chi connectivity index (χ0v) is 18.8. The van der Waals surface area contributed by atoms with Crippen LogP contribution in [0.15, 0.2) is 41.1 Å². The maximum atomic E-state index is 13.2. The molecule has 172 valence electrons. The van der Waals surface area contributed by atoms with Gasteiger partial charge in [0.05, 0.1) is 19.5 Å². The molecule has 2 fully saturated rings. The highest BCUT2D eigenvalue weighted by atomic mass is 32.1. The number of amides is 1. The number of carbonyl (C=O) groups excluding carboxylic acids is 2. The van der Waals surface area contributed by atoms with Crippen LogP contribution in [-0.4, -0.2) is 61.2 Å². The molecule has 0 saturated carbocycles. The summed E-state index contributed by atoms with van der Waals surface area (Å²) in [6, 6.07) is 6.93. The summed E-state index contributed by atoms with van der Waals surface area (Å²) in [6.45, 7) is 3.88. The van der Waals surface area contributed by atoms with Crippen molar-refractivity contribution in [2.75, 3.05) is 49.7 Å². The fraction of sp³-hybridized carbons (Fsp3) is 0.391. The molecule has 0 unspecified atom stereocenters. The molecule has 3 aromatic heterocycles. The molecule has 3 aromatic rings. The van der Waals surface area contributed by atoms with Crippen molar-refractivity contribution in [3.63, 3.8) is 0 Å². The minimum atomic E-state index is -0.309. The number of carbonyl (C=O) groups is 2. The van der Waals surface area contributed by atoms with Crippen LogP contribution in [0.4, 0.5) is 10.9 Å². The van der Waals surface area contributed by atoms with E-state index >= 15 is 0 Å². The first-order chi connectivity index (χ1) is 16.2. The first-order valence-electron chi connectivity index (χ1n) is 11.0. The number of morpholine rings is 1. The quantitative estimate of drug-likeness (QED) is 0.548. The number of Topliss-reactive ketones (excluding diaryl/α,β-unsaturated/α-hetero) is 1. The Morgan fingerprint density at radius 1 is 1.09 bits per heavy atom. The van der Waals surface area contributed by atoms with Crippen LogP contribution < -0.4 is 10.2 Å². The van der Waals surface area contributed by atoms with Gasteiger partial charge < -0.3 is 18.8 Å². The molecule has 1 amide bonds. The topological polar surface area (TPSA) is 107 Å². The van der Waals surface area contributed by atoms with Gasteiger partial charge in [-0.3, -0.25) is 14.9 Å². The van der Waals surface area contributed by atoms with E-state index in [1.54, 1.807) is 36.7 Å². The summed E-state index contributed by atoms with van der Waals surface area (Å²) in [5.41, 5.74) is 0.930. The maximum absolute atomic E-state index is 13.2. The number of nitrogens with one attached hydrogen (secondary N) is 1. The summed E-state index contributed by atoms with van der Waals surface area (Å²) in [5, 5.41) is 3.20. The zero-order valence-electron chi connectivity index (χ0n) is 18.0. The van der Waals surface area contributed by atoms with Crippen LogP contribution in [0, 0.1) is 5.92 Å². The molecular formula is C23H24N4O5S. The highest BCUT2D eigenvalue weighted by molar-refractivity contribution is 7.18. The monoisotopic (exact) mass is 468 g/mol. The third-order valence-electron chi connectivity index (χ3n) is 5.76. The summed E-state index contributed by atoms with van der Waals surface area (Å²) in [4.78, 5) is 37.7. The molecule has 0 aromatic carbocycles. The van der Waals surface area contributed by atoms with Crippen LogP contribution in [0.5, 0.6) is 0 Å². The molecule has 33 heavy (non-hydrogen) atoms. The van der Waals surface area contributed by atoms with E-state index in [9.17, 15) is 9.59 Å². The van der Waals surface area contributed by atoms with Crippen molar-refractivity contribution in [3.8, 4) is 11.5 Å². The molecule has 2 aliphatic rings. The molecule has 5 heterocycles. The second-order valence-electron chi connectivity index (χ2n) is 7.88. The third kappa shape index (κ3) is 4.82. The number of ether oxygens (including phenoxy) is 2. The number of rotatable bonds is 6. The molecule has 1 N–H and O–H groups in total. The molecule has 9 nitrogen and oxygen atoms in total. The van der Waals surface area contributed by atoms with Crippen LogP contribution in [0.1, 0.15) is 32.9 Å². The molecule has 2 aliphatic heterocycles. The van der Waals surface area contributed by atoms with Crippen LogP contribution in [-0.2, 0) is 9.47 Å². The lowest BCUT2D eigenvalue weighted by molar-refractivity contribution is 0.0547. The van der Waals surface area contributed by atoms with Gasteiger partial charge in [-0.05, 0) is 37.1 Å². The van der Waals surface area contributed by atoms with Crippen molar-refractivity contribution in [1.29, 1.82) is 0 Å². The fourth-order valence-electron chi connectivity index (χ4n) is 3.96. The summed E-state index contributed by atoms with van der Waals surface area (Å²) in [6.07, 6.45) is 4.52. The van der Waals surface area contributed by atoms with E-state index in [-0.39, 0.29) is 17.6 Å². The lowest BCUT2D eigenvalue weighted by atomic mass is 9.94. The van der Waals surface area contributed by atoms with Gasteiger partial charge in [0.2, 0.25) is 0 Å². The minimum Gasteiger partial charge on any atom is -0.463 e. The lowest BCUT2D eigenvalue weighted by Crippen LogP contribution is -2.36. The van der Waals surface area contributed by atoms with Gasteiger partial charge in [-0.15, -0.1) is 0 Å². The highest BCUT2D eigenvalue weighted by Crippen LogP contribution is 2.35. The Labute approximate surface area is 194 Å². The first kappa shape index (κ1) is 21.7. The number of pyridine rings is 1. The zero-order chi connectivity index (χ0) is 22.6. The SMILES string of the molecule is O=C(Nc1nc(-c2ccco2)c(C(=O)C2CCOCC2)s1)c1ccnc(N2CCOCC2)c1. The van der Waals surface area contributed by atoms with Gasteiger partial charge in [0.25, 0.3) is 5.91 Å².